The summed E-state index contributed by atoms with van der Waals surface area (Å²) in [5.74, 6) is 0. The van der Waals surface area contributed by atoms with Crippen LogP contribution in [0.4, 0.5) is 34.1 Å². The zero-order valence-electron chi connectivity index (χ0n) is 33.9. The van der Waals surface area contributed by atoms with Gasteiger partial charge in [0.05, 0.1) is 0 Å². The molecule has 10 aromatic carbocycles. The van der Waals surface area contributed by atoms with Gasteiger partial charge in [-0.2, -0.15) is 0 Å². The topological polar surface area (TPSA) is 6.48 Å². The Morgan fingerprint density at radius 3 is 0.839 bits per heavy atom. The molecule has 4 heteroatoms. The summed E-state index contributed by atoms with van der Waals surface area (Å²) in [5, 5.41) is 16.5. The molecular formula is C58H40N2P2. The summed E-state index contributed by atoms with van der Waals surface area (Å²) in [6.07, 6.45) is 0. The van der Waals surface area contributed by atoms with Crippen molar-refractivity contribution in [2.24, 2.45) is 0 Å². The first-order valence-corrected chi connectivity index (χ1v) is 23.9. The number of benzene rings is 10. The van der Waals surface area contributed by atoms with E-state index in [-0.39, 0.29) is 0 Å². The van der Waals surface area contributed by atoms with Gasteiger partial charge in [-0.15, -0.1) is 0 Å². The van der Waals surface area contributed by atoms with Crippen LogP contribution in [0.3, 0.4) is 0 Å². The molecule has 12 aromatic rings. The van der Waals surface area contributed by atoms with Crippen LogP contribution in [0.2, 0.25) is 0 Å². The molecule has 292 valence electrons. The molecule has 0 aliphatic carbocycles. The smallest absolute Gasteiger partial charge is 0.0471 e. The van der Waals surface area contributed by atoms with Gasteiger partial charge in [-0.3, -0.25) is 0 Å². The highest BCUT2D eigenvalue weighted by Gasteiger charge is 2.23. The maximum atomic E-state index is 2.48. The largest absolute Gasteiger partial charge is 0.310 e. The minimum absolute atomic E-state index is 0.812. The van der Waals surface area contributed by atoms with E-state index in [2.05, 4.69) is 252 Å². The van der Waals surface area contributed by atoms with E-state index < -0.39 is 15.1 Å². The Kier molecular flexibility index (Phi) is 9.00. The lowest BCUT2D eigenvalue weighted by atomic mass is 9.99. The van der Waals surface area contributed by atoms with Gasteiger partial charge < -0.3 is 9.80 Å². The van der Waals surface area contributed by atoms with Crippen molar-refractivity contribution >= 4 is 102 Å². The highest BCUT2D eigenvalue weighted by molar-refractivity contribution is 7.68. The molecule has 0 saturated heterocycles. The molecular weight excluding hydrogens is 787 g/mol. The molecule has 0 aliphatic rings. The Labute approximate surface area is 363 Å². The summed E-state index contributed by atoms with van der Waals surface area (Å²) < 4.78 is 0. The van der Waals surface area contributed by atoms with Crippen molar-refractivity contribution in [2.45, 2.75) is 0 Å². The van der Waals surface area contributed by atoms with Gasteiger partial charge in [0.1, 0.15) is 0 Å². The van der Waals surface area contributed by atoms with Crippen molar-refractivity contribution in [2.75, 3.05) is 9.80 Å². The number of para-hydroxylation sites is 4. The SMILES string of the molecule is c1ccc(N(c2ccccc2)c2ccc3c4c5ccc6c(c5ccc4p(-c4ccccc4)c3c2)c2ccc(N(c3ccccc3)c3ccccc3)cc2p6-c2ccccc2)cc1. The van der Waals surface area contributed by atoms with E-state index in [0.717, 1.165) is 22.7 Å². The predicted molar refractivity (Wildman–Crippen MR) is 271 cm³/mol. The van der Waals surface area contributed by atoms with Gasteiger partial charge in [-0.1, -0.05) is 173 Å². The number of anilines is 6. The van der Waals surface area contributed by atoms with E-state index in [1.807, 2.05) is 0 Å². The zero-order chi connectivity index (χ0) is 41.0. The van der Waals surface area contributed by atoms with Gasteiger partial charge in [0.15, 0.2) is 0 Å². The monoisotopic (exact) mass is 826 g/mol. The van der Waals surface area contributed by atoms with E-state index in [4.69, 9.17) is 0 Å². The summed E-state index contributed by atoms with van der Waals surface area (Å²) >= 11 is 0. The van der Waals surface area contributed by atoms with Crippen molar-refractivity contribution in [3.8, 4) is 10.6 Å². The van der Waals surface area contributed by atoms with Crippen molar-refractivity contribution in [3.63, 3.8) is 0 Å². The Morgan fingerprint density at radius 1 is 0.226 bits per heavy atom. The third kappa shape index (κ3) is 6.03. The van der Waals surface area contributed by atoms with Crippen LogP contribution in [0.15, 0.2) is 243 Å². The number of nitrogens with zero attached hydrogens (tertiary/aromatic N) is 2. The van der Waals surface area contributed by atoms with E-state index in [0.29, 0.717) is 0 Å². The molecule has 2 aromatic heterocycles. The Hall–Kier alpha value is -7.34. The summed E-state index contributed by atoms with van der Waals surface area (Å²) in [4.78, 5) is 4.78. The lowest BCUT2D eigenvalue weighted by molar-refractivity contribution is 1.29. The summed E-state index contributed by atoms with van der Waals surface area (Å²) in [6.45, 7) is 0. The average molecular weight is 827 g/mol. The lowest BCUT2D eigenvalue weighted by Gasteiger charge is -2.25. The van der Waals surface area contributed by atoms with Gasteiger partial charge in [0.25, 0.3) is 0 Å². The van der Waals surface area contributed by atoms with Crippen LogP contribution < -0.4 is 9.80 Å². The number of hydrogen-bond acceptors (Lipinski definition) is 2. The number of fused-ring (bicyclic) bond motifs is 9. The van der Waals surface area contributed by atoms with E-state index in [1.54, 1.807) is 0 Å². The van der Waals surface area contributed by atoms with Crippen LogP contribution in [-0.2, 0) is 0 Å². The summed E-state index contributed by atoms with van der Waals surface area (Å²) in [5.41, 5.74) is 6.91. The molecule has 0 fully saturated rings. The minimum Gasteiger partial charge on any atom is -0.310 e. The minimum atomic E-state index is -0.812. The fraction of sp³-hybridized carbons (Fsp3) is 0. The third-order valence-corrected chi connectivity index (χ3v) is 17.3. The molecule has 0 bridgehead atoms. The molecule has 62 heavy (non-hydrogen) atoms. The third-order valence-electron chi connectivity index (χ3n) is 12.2. The van der Waals surface area contributed by atoms with Gasteiger partial charge >= 0.3 is 0 Å². The van der Waals surface area contributed by atoms with Gasteiger partial charge in [0.2, 0.25) is 0 Å². The average Bonchev–Trinajstić information content (AvgIpc) is 3.86. The van der Waals surface area contributed by atoms with Crippen LogP contribution in [0.25, 0.3) is 63.4 Å². The van der Waals surface area contributed by atoms with E-state index in [9.17, 15) is 0 Å². The van der Waals surface area contributed by atoms with E-state index >= 15 is 0 Å². The van der Waals surface area contributed by atoms with Crippen LogP contribution in [0.5, 0.6) is 0 Å². The molecule has 12 rings (SSSR count). The zero-order valence-corrected chi connectivity index (χ0v) is 35.7. The number of rotatable bonds is 8. The maximum Gasteiger partial charge on any atom is 0.0471 e. The van der Waals surface area contributed by atoms with Gasteiger partial charge in [-0.25, -0.2) is 0 Å². The second-order valence-electron chi connectivity index (χ2n) is 15.8. The van der Waals surface area contributed by atoms with Crippen LogP contribution in [0, 0.1) is 0 Å². The fourth-order valence-electron chi connectivity index (χ4n) is 9.61. The Balaban J connectivity index is 1.13. The van der Waals surface area contributed by atoms with Crippen LogP contribution in [-0.4, -0.2) is 0 Å². The molecule has 0 spiro atoms. The molecule has 2 atom stereocenters. The second-order valence-corrected chi connectivity index (χ2v) is 20.1. The summed E-state index contributed by atoms with van der Waals surface area (Å²) in [6, 6.07) is 89.6. The van der Waals surface area contributed by atoms with Crippen molar-refractivity contribution in [1.82, 2.24) is 0 Å². The van der Waals surface area contributed by atoms with Crippen LogP contribution in [0.1, 0.15) is 0 Å². The Bertz CT molecular complexity index is 3230. The standard InChI is InChI=1S/C58H40N2P2/c1-7-19-41(20-8-1)59(42-21-9-2-10-22-42)45-31-33-51-55(39-45)61(47-27-15-5-16-28-47)53-37-35-50-49(57(51)53)36-38-54-58(50)52-34-32-46(40-56(52)62(54)48-29-17-6-18-30-48)60(43-23-11-3-12-24-43)44-25-13-4-14-26-44/h1-40H. The predicted octanol–water partition coefficient (Wildman–Crippen LogP) is 18.3. The molecule has 2 nitrogen and oxygen atoms in total. The van der Waals surface area contributed by atoms with E-state index in [1.165, 1.54) is 74.8 Å². The molecule has 0 N–H and O–H groups in total. The molecule has 2 unspecified atom stereocenters. The second kappa shape index (κ2) is 15.3. The fourth-order valence-corrected chi connectivity index (χ4v) is 14.9. The first-order valence-electron chi connectivity index (χ1n) is 21.2. The summed E-state index contributed by atoms with van der Waals surface area (Å²) in [7, 11) is -1.62. The molecule has 0 amide bonds. The van der Waals surface area contributed by atoms with Gasteiger partial charge in [0, 0.05) is 65.4 Å². The molecule has 0 saturated carbocycles. The molecule has 0 aliphatic heterocycles. The highest BCUT2D eigenvalue weighted by Crippen LogP contribution is 2.61. The van der Waals surface area contributed by atoms with Crippen molar-refractivity contribution in [3.05, 3.63) is 243 Å². The first-order chi connectivity index (χ1) is 30.8. The number of hydrogen-bond donors (Lipinski definition) is 0. The van der Waals surface area contributed by atoms with Crippen molar-refractivity contribution < 1.29 is 0 Å². The normalized spacial score (nSPS) is 12.1. The first kappa shape index (κ1) is 36.5. The highest BCUT2D eigenvalue weighted by atomic mass is 31.1. The lowest BCUT2D eigenvalue weighted by Crippen LogP contribution is -2.09. The molecule has 0 radical (unpaired) electrons. The van der Waals surface area contributed by atoms with Crippen LogP contribution >= 0.6 is 15.1 Å². The maximum absolute atomic E-state index is 2.48. The van der Waals surface area contributed by atoms with Crippen molar-refractivity contribution in [1.29, 1.82) is 0 Å². The Morgan fingerprint density at radius 2 is 0.516 bits per heavy atom. The van der Waals surface area contributed by atoms with Gasteiger partial charge in [-0.05, 0) is 117 Å². The molecule has 2 heterocycles. The quantitative estimate of drug-likeness (QED) is 0.151.